The Morgan fingerprint density at radius 1 is 0.850 bits per heavy atom. The lowest BCUT2D eigenvalue weighted by molar-refractivity contribution is -0.137. The smallest absolute Gasteiger partial charge is 0.254 e. The van der Waals surface area contributed by atoms with Gasteiger partial charge in [0.2, 0.25) is 0 Å². The summed E-state index contributed by atoms with van der Waals surface area (Å²) < 4.78 is 38.9. The van der Waals surface area contributed by atoms with Gasteiger partial charge in [0.25, 0.3) is 0 Å². The maximum Gasteiger partial charge on any atom is 0.418 e. The van der Waals surface area contributed by atoms with Gasteiger partial charge in [-0.3, -0.25) is 4.98 Å². The average Bonchev–Trinajstić information content (AvgIpc) is 2.46. The molecule has 0 radical (unpaired) electrons. The van der Waals surface area contributed by atoms with Crippen LogP contribution in [0, 0.1) is 0 Å². The van der Waals surface area contributed by atoms with Crippen molar-refractivity contribution in [1.82, 2.24) is 15.0 Å². The third-order valence-electron chi connectivity index (χ3n) is 2.82. The van der Waals surface area contributed by atoms with E-state index in [4.69, 9.17) is 0 Å². The highest BCUT2D eigenvalue weighted by Crippen LogP contribution is 2.35. The van der Waals surface area contributed by atoms with Gasteiger partial charge < -0.3 is 0 Å². The van der Waals surface area contributed by atoms with Crippen LogP contribution in [0.4, 0.5) is 13.2 Å². The minimum atomic E-state index is -4.47. The van der Waals surface area contributed by atoms with Gasteiger partial charge in [0.05, 0.1) is 11.3 Å². The zero-order valence-corrected chi connectivity index (χ0v) is 10.1. The maximum atomic E-state index is 13.0. The number of fused-ring (bicyclic) bond motifs is 1. The van der Waals surface area contributed by atoms with E-state index in [0.717, 1.165) is 11.5 Å². The molecule has 0 fully saturated rings. The number of alkyl halides is 3. The van der Waals surface area contributed by atoms with Gasteiger partial charge >= 0.3 is 6.18 Å². The lowest BCUT2D eigenvalue weighted by Crippen LogP contribution is -2.08. The monoisotopic (exact) mass is 275 g/mol. The second kappa shape index (κ2) is 4.56. The number of halogens is 3. The number of hydrogen-bond donors (Lipinski definition) is 0. The molecular weight excluding hydrogens is 267 g/mol. The van der Waals surface area contributed by atoms with E-state index in [1.807, 2.05) is 0 Å². The lowest BCUT2D eigenvalue weighted by Gasteiger charge is -2.11. The summed E-state index contributed by atoms with van der Waals surface area (Å²) in [5, 5.41) is 0.765. The molecule has 0 bridgehead atoms. The van der Waals surface area contributed by atoms with E-state index in [1.165, 1.54) is 18.3 Å². The van der Waals surface area contributed by atoms with Crippen molar-refractivity contribution in [2.24, 2.45) is 0 Å². The fraction of sp³-hybridized carbons (Fsp3) is 0.0714. The predicted octanol–water partition coefficient (Wildman–Crippen LogP) is 3.71. The van der Waals surface area contributed by atoms with E-state index < -0.39 is 11.7 Å². The van der Waals surface area contributed by atoms with Crippen molar-refractivity contribution in [3.63, 3.8) is 0 Å². The van der Waals surface area contributed by atoms with Crippen molar-refractivity contribution in [3.8, 4) is 11.4 Å². The highest BCUT2D eigenvalue weighted by Gasteiger charge is 2.34. The molecule has 0 saturated heterocycles. The molecule has 0 aliphatic rings. The van der Waals surface area contributed by atoms with Crippen LogP contribution in [-0.4, -0.2) is 15.0 Å². The topological polar surface area (TPSA) is 38.7 Å². The van der Waals surface area contributed by atoms with E-state index >= 15 is 0 Å². The van der Waals surface area contributed by atoms with E-state index in [1.54, 1.807) is 24.4 Å². The summed E-state index contributed by atoms with van der Waals surface area (Å²) in [6.07, 6.45) is -1.61. The molecule has 0 aliphatic carbocycles. The van der Waals surface area contributed by atoms with Gasteiger partial charge in [-0.15, -0.1) is 0 Å². The average molecular weight is 275 g/mol. The van der Waals surface area contributed by atoms with E-state index in [9.17, 15) is 13.2 Å². The molecule has 0 amide bonds. The van der Waals surface area contributed by atoms with Crippen molar-refractivity contribution >= 4 is 11.0 Å². The molecule has 0 aliphatic heterocycles. The number of pyridine rings is 3. The molecule has 0 aromatic carbocycles. The van der Waals surface area contributed by atoms with Gasteiger partial charge in [-0.2, -0.15) is 13.2 Å². The summed E-state index contributed by atoms with van der Waals surface area (Å²) in [6, 6.07) is 8.98. The summed E-state index contributed by atoms with van der Waals surface area (Å²) in [4.78, 5) is 12.0. The first-order valence-corrected chi connectivity index (χ1v) is 5.80. The highest BCUT2D eigenvalue weighted by molar-refractivity contribution is 5.77. The second-order valence-electron chi connectivity index (χ2n) is 4.14. The molecule has 3 nitrogen and oxygen atoms in total. The first-order valence-electron chi connectivity index (χ1n) is 5.80. The Kier molecular flexibility index (Phi) is 2.85. The Hall–Kier alpha value is -2.50. The molecule has 3 rings (SSSR count). The third kappa shape index (κ3) is 2.20. The van der Waals surface area contributed by atoms with Gasteiger partial charge in [-0.05, 0) is 36.4 Å². The highest BCUT2D eigenvalue weighted by atomic mass is 19.4. The van der Waals surface area contributed by atoms with Crippen LogP contribution in [0.5, 0.6) is 0 Å². The summed E-state index contributed by atoms with van der Waals surface area (Å²) in [6.45, 7) is 0. The molecular formula is C14H8F3N3. The lowest BCUT2D eigenvalue weighted by atomic mass is 10.1. The Morgan fingerprint density at radius 3 is 2.40 bits per heavy atom. The largest absolute Gasteiger partial charge is 0.418 e. The molecule has 20 heavy (non-hydrogen) atoms. The first kappa shape index (κ1) is 12.5. The van der Waals surface area contributed by atoms with E-state index in [-0.39, 0.29) is 11.4 Å². The van der Waals surface area contributed by atoms with Crippen LogP contribution < -0.4 is 0 Å². The Labute approximate surface area is 112 Å². The van der Waals surface area contributed by atoms with Crippen LogP contribution in [-0.2, 0) is 6.18 Å². The molecule has 100 valence electrons. The quantitative estimate of drug-likeness (QED) is 0.679. The molecule has 3 heterocycles. The van der Waals surface area contributed by atoms with Crippen molar-refractivity contribution in [2.45, 2.75) is 6.18 Å². The van der Waals surface area contributed by atoms with Gasteiger partial charge in [0.15, 0.2) is 5.65 Å². The van der Waals surface area contributed by atoms with Gasteiger partial charge in [-0.1, -0.05) is 0 Å². The SMILES string of the molecule is FC(F)(F)c1cccnc1-c1ccc2cccnc2n1. The molecule has 6 heteroatoms. The fourth-order valence-corrected chi connectivity index (χ4v) is 1.92. The molecule has 0 N–H and O–H groups in total. The summed E-state index contributed by atoms with van der Waals surface area (Å²) in [7, 11) is 0. The fourth-order valence-electron chi connectivity index (χ4n) is 1.92. The standard InChI is InChI=1S/C14H8F3N3/c15-14(16,17)10-4-2-7-18-12(10)11-6-5-9-3-1-8-19-13(9)20-11/h1-8H. The number of aromatic nitrogens is 3. The van der Waals surface area contributed by atoms with Crippen LogP contribution in [0.25, 0.3) is 22.4 Å². The normalized spacial score (nSPS) is 11.8. The zero-order valence-electron chi connectivity index (χ0n) is 10.1. The van der Waals surface area contributed by atoms with Crippen molar-refractivity contribution < 1.29 is 13.2 Å². The number of nitrogens with zero attached hydrogens (tertiary/aromatic N) is 3. The third-order valence-corrected chi connectivity index (χ3v) is 2.82. The van der Waals surface area contributed by atoms with E-state index in [2.05, 4.69) is 15.0 Å². The molecule has 3 aromatic rings. The Morgan fingerprint density at radius 2 is 1.60 bits per heavy atom. The zero-order chi connectivity index (χ0) is 14.2. The number of rotatable bonds is 1. The second-order valence-corrected chi connectivity index (χ2v) is 4.14. The summed E-state index contributed by atoms with van der Waals surface area (Å²) >= 11 is 0. The van der Waals surface area contributed by atoms with Crippen molar-refractivity contribution in [2.75, 3.05) is 0 Å². The predicted molar refractivity (Wildman–Crippen MR) is 67.8 cm³/mol. The van der Waals surface area contributed by atoms with Gasteiger partial charge in [-0.25, -0.2) is 9.97 Å². The summed E-state index contributed by atoms with van der Waals surface area (Å²) in [5.41, 5.74) is -0.441. The molecule has 3 aromatic heterocycles. The maximum absolute atomic E-state index is 13.0. The Balaban J connectivity index is 2.21. The minimum Gasteiger partial charge on any atom is -0.254 e. The van der Waals surface area contributed by atoms with Crippen LogP contribution in [0.2, 0.25) is 0 Å². The van der Waals surface area contributed by atoms with Crippen LogP contribution in [0.15, 0.2) is 48.8 Å². The van der Waals surface area contributed by atoms with Crippen LogP contribution in [0.3, 0.4) is 0 Å². The molecule has 0 saturated carbocycles. The van der Waals surface area contributed by atoms with Crippen molar-refractivity contribution in [1.29, 1.82) is 0 Å². The van der Waals surface area contributed by atoms with Crippen LogP contribution >= 0.6 is 0 Å². The molecule has 0 atom stereocenters. The molecule has 0 unspecified atom stereocenters. The van der Waals surface area contributed by atoms with Crippen molar-refractivity contribution in [3.05, 3.63) is 54.4 Å². The first-order chi connectivity index (χ1) is 9.55. The van der Waals surface area contributed by atoms with Crippen LogP contribution in [0.1, 0.15) is 5.56 Å². The minimum absolute atomic E-state index is 0.157. The molecule has 0 spiro atoms. The van der Waals surface area contributed by atoms with E-state index in [0.29, 0.717) is 5.65 Å². The van der Waals surface area contributed by atoms with Gasteiger partial charge in [0, 0.05) is 17.8 Å². The van der Waals surface area contributed by atoms with Gasteiger partial charge in [0.1, 0.15) is 5.69 Å². The Bertz CT molecular complexity index is 769. The summed E-state index contributed by atoms with van der Waals surface area (Å²) in [5.74, 6) is 0. The number of hydrogen-bond acceptors (Lipinski definition) is 3.